The maximum Gasteiger partial charge on any atom is 0.266 e. The minimum Gasteiger partial charge on any atom is -0.268 e. The third kappa shape index (κ3) is 2.53. The fourth-order valence-corrected chi connectivity index (χ4v) is 1.38. The number of hydrogen-bond donors (Lipinski definition) is 0. The van der Waals surface area contributed by atoms with E-state index in [0.29, 0.717) is 6.54 Å². The van der Waals surface area contributed by atoms with E-state index in [1.165, 1.54) is 5.01 Å². The molecular weight excluding hydrogens is 188 g/mol. The molecule has 0 bridgehead atoms. The predicted octanol–water partition coefficient (Wildman–Crippen LogP) is 1.92. The van der Waals surface area contributed by atoms with Gasteiger partial charge in [0.25, 0.3) is 5.91 Å². The summed E-state index contributed by atoms with van der Waals surface area (Å²) in [4.78, 5) is 11.5. The van der Waals surface area contributed by atoms with Gasteiger partial charge in [0.05, 0.1) is 0 Å². The number of rotatable bonds is 2. The minimum absolute atomic E-state index is 0.0624. The lowest BCUT2D eigenvalue weighted by molar-refractivity contribution is -0.125. The lowest BCUT2D eigenvalue weighted by Gasteiger charge is -2.07. The van der Waals surface area contributed by atoms with Crippen molar-refractivity contribution in [2.75, 3.05) is 6.54 Å². The highest BCUT2D eigenvalue weighted by Crippen LogP contribution is 2.04. The van der Waals surface area contributed by atoms with Crippen molar-refractivity contribution in [1.82, 2.24) is 5.01 Å². The molecule has 15 heavy (non-hydrogen) atoms. The minimum atomic E-state index is -0.0624. The van der Waals surface area contributed by atoms with E-state index in [-0.39, 0.29) is 5.91 Å². The SMILES string of the molecule is O=C(/C=C/c1ccccc1)N1CCC=N1. The molecule has 0 fully saturated rings. The van der Waals surface area contributed by atoms with Crippen LogP contribution in [0.4, 0.5) is 0 Å². The Morgan fingerprint density at radius 2 is 2.13 bits per heavy atom. The molecule has 0 atom stereocenters. The highest BCUT2D eigenvalue weighted by molar-refractivity contribution is 5.92. The van der Waals surface area contributed by atoms with E-state index >= 15 is 0 Å². The molecular formula is C12H12N2O. The van der Waals surface area contributed by atoms with Gasteiger partial charge in [0.2, 0.25) is 0 Å². The second-order valence-corrected chi connectivity index (χ2v) is 3.29. The van der Waals surface area contributed by atoms with E-state index in [1.54, 1.807) is 18.4 Å². The van der Waals surface area contributed by atoms with Crippen LogP contribution in [0.15, 0.2) is 41.5 Å². The van der Waals surface area contributed by atoms with Crippen molar-refractivity contribution < 1.29 is 4.79 Å². The predicted molar refractivity (Wildman–Crippen MR) is 60.3 cm³/mol. The molecule has 0 saturated heterocycles. The number of carbonyl (C=O) groups excluding carboxylic acids is 1. The maximum absolute atomic E-state index is 11.5. The fourth-order valence-electron chi connectivity index (χ4n) is 1.38. The number of hydrazone groups is 1. The first-order valence-electron chi connectivity index (χ1n) is 4.93. The molecule has 3 nitrogen and oxygen atoms in total. The molecule has 0 unspecified atom stereocenters. The van der Waals surface area contributed by atoms with Crippen molar-refractivity contribution in [2.24, 2.45) is 5.10 Å². The molecule has 0 N–H and O–H groups in total. The monoisotopic (exact) mass is 200 g/mol. The zero-order chi connectivity index (χ0) is 10.5. The summed E-state index contributed by atoms with van der Waals surface area (Å²) in [5.74, 6) is -0.0624. The quantitative estimate of drug-likeness (QED) is 0.671. The maximum atomic E-state index is 11.5. The van der Waals surface area contributed by atoms with Gasteiger partial charge < -0.3 is 0 Å². The zero-order valence-electron chi connectivity index (χ0n) is 8.34. The average molecular weight is 200 g/mol. The van der Waals surface area contributed by atoms with E-state index in [1.807, 2.05) is 30.3 Å². The van der Waals surface area contributed by atoms with Gasteiger partial charge in [0.1, 0.15) is 0 Å². The smallest absolute Gasteiger partial charge is 0.266 e. The Hall–Kier alpha value is -1.90. The average Bonchev–Trinajstić information content (AvgIpc) is 2.81. The van der Waals surface area contributed by atoms with E-state index < -0.39 is 0 Å². The standard InChI is InChI=1S/C12H12N2O/c15-12(14-10-4-9-13-14)8-7-11-5-2-1-3-6-11/h1-3,5-9H,4,10H2/b8-7+. The number of nitrogens with zero attached hydrogens (tertiary/aromatic N) is 2. The summed E-state index contributed by atoms with van der Waals surface area (Å²) >= 11 is 0. The van der Waals surface area contributed by atoms with Crippen molar-refractivity contribution in [3.05, 3.63) is 42.0 Å². The van der Waals surface area contributed by atoms with Crippen LogP contribution in [0.2, 0.25) is 0 Å². The zero-order valence-corrected chi connectivity index (χ0v) is 8.34. The first-order chi connectivity index (χ1) is 7.36. The number of carbonyl (C=O) groups is 1. The number of amides is 1. The molecule has 0 radical (unpaired) electrons. The Kier molecular flexibility index (Phi) is 2.93. The third-order valence-corrected chi connectivity index (χ3v) is 2.16. The van der Waals surface area contributed by atoms with Gasteiger partial charge in [0, 0.05) is 25.3 Å². The molecule has 1 aliphatic heterocycles. The van der Waals surface area contributed by atoms with Gasteiger partial charge in [-0.05, 0) is 11.6 Å². The summed E-state index contributed by atoms with van der Waals surface area (Å²) in [7, 11) is 0. The molecule has 1 amide bonds. The van der Waals surface area contributed by atoms with Crippen LogP contribution in [0.3, 0.4) is 0 Å². The summed E-state index contributed by atoms with van der Waals surface area (Å²) < 4.78 is 0. The van der Waals surface area contributed by atoms with Crippen LogP contribution in [0, 0.1) is 0 Å². The lowest BCUT2D eigenvalue weighted by Crippen LogP contribution is -2.20. The topological polar surface area (TPSA) is 32.7 Å². The molecule has 1 aliphatic rings. The Balaban J connectivity index is 1.99. The van der Waals surface area contributed by atoms with Crippen LogP contribution in [0.5, 0.6) is 0 Å². The van der Waals surface area contributed by atoms with Gasteiger partial charge in [-0.1, -0.05) is 30.3 Å². The summed E-state index contributed by atoms with van der Waals surface area (Å²) in [5, 5.41) is 5.43. The lowest BCUT2D eigenvalue weighted by atomic mass is 10.2. The van der Waals surface area contributed by atoms with Gasteiger partial charge in [0.15, 0.2) is 0 Å². The van der Waals surface area contributed by atoms with Gasteiger partial charge in [-0.3, -0.25) is 4.79 Å². The van der Waals surface area contributed by atoms with E-state index in [2.05, 4.69) is 5.10 Å². The van der Waals surface area contributed by atoms with Crippen molar-refractivity contribution in [2.45, 2.75) is 6.42 Å². The Morgan fingerprint density at radius 1 is 1.33 bits per heavy atom. The van der Waals surface area contributed by atoms with Crippen LogP contribution in [0.25, 0.3) is 6.08 Å². The number of hydrogen-bond acceptors (Lipinski definition) is 2. The van der Waals surface area contributed by atoms with Crippen molar-refractivity contribution >= 4 is 18.2 Å². The Bertz CT molecular complexity index is 395. The molecule has 1 aromatic carbocycles. The second-order valence-electron chi connectivity index (χ2n) is 3.29. The van der Waals surface area contributed by atoms with E-state index in [0.717, 1.165) is 12.0 Å². The molecule has 0 saturated carbocycles. The molecule has 76 valence electrons. The highest BCUT2D eigenvalue weighted by atomic mass is 16.2. The van der Waals surface area contributed by atoms with Crippen molar-refractivity contribution in [1.29, 1.82) is 0 Å². The highest BCUT2D eigenvalue weighted by Gasteiger charge is 2.11. The molecule has 1 aromatic rings. The second kappa shape index (κ2) is 4.55. The Morgan fingerprint density at radius 3 is 2.80 bits per heavy atom. The summed E-state index contributed by atoms with van der Waals surface area (Å²) in [5.41, 5.74) is 1.02. The first-order valence-corrected chi connectivity index (χ1v) is 4.93. The Labute approximate surface area is 88.7 Å². The van der Waals surface area contributed by atoms with Crippen molar-refractivity contribution in [3.8, 4) is 0 Å². The molecule has 0 spiro atoms. The van der Waals surface area contributed by atoms with Crippen LogP contribution in [-0.4, -0.2) is 23.7 Å². The van der Waals surface area contributed by atoms with Gasteiger partial charge in [-0.15, -0.1) is 0 Å². The van der Waals surface area contributed by atoms with Crippen LogP contribution < -0.4 is 0 Å². The molecule has 0 aliphatic carbocycles. The van der Waals surface area contributed by atoms with Crippen LogP contribution in [0.1, 0.15) is 12.0 Å². The van der Waals surface area contributed by atoms with Gasteiger partial charge in [-0.2, -0.15) is 5.10 Å². The normalized spacial score (nSPS) is 15.1. The third-order valence-electron chi connectivity index (χ3n) is 2.16. The van der Waals surface area contributed by atoms with Crippen LogP contribution >= 0.6 is 0 Å². The molecule has 3 heteroatoms. The summed E-state index contributed by atoms with van der Waals surface area (Å²) in [6, 6.07) is 9.74. The summed E-state index contributed by atoms with van der Waals surface area (Å²) in [6.45, 7) is 0.692. The van der Waals surface area contributed by atoms with Gasteiger partial charge in [-0.25, -0.2) is 5.01 Å². The van der Waals surface area contributed by atoms with E-state index in [4.69, 9.17) is 0 Å². The van der Waals surface area contributed by atoms with Crippen LogP contribution in [-0.2, 0) is 4.79 Å². The van der Waals surface area contributed by atoms with Gasteiger partial charge >= 0.3 is 0 Å². The first kappa shape index (κ1) is 9.65. The molecule has 2 rings (SSSR count). The summed E-state index contributed by atoms with van der Waals surface area (Å²) in [6.07, 6.45) is 5.97. The largest absolute Gasteiger partial charge is 0.268 e. The van der Waals surface area contributed by atoms with E-state index in [9.17, 15) is 4.79 Å². The molecule has 1 heterocycles. The fraction of sp³-hybridized carbons (Fsp3) is 0.167. The van der Waals surface area contributed by atoms with Crippen molar-refractivity contribution in [3.63, 3.8) is 0 Å². The molecule has 0 aromatic heterocycles. The number of benzene rings is 1.